The maximum absolute atomic E-state index is 12.2. The van der Waals surface area contributed by atoms with E-state index in [4.69, 9.17) is 18.9 Å². The Bertz CT molecular complexity index is 671. The van der Waals surface area contributed by atoms with Crippen LogP contribution in [0.1, 0.15) is 109 Å². The summed E-state index contributed by atoms with van der Waals surface area (Å²) >= 11 is 0. The number of amides is 2. The highest BCUT2D eigenvalue weighted by molar-refractivity contribution is 5.88. The van der Waals surface area contributed by atoms with Crippen LogP contribution in [0, 0.1) is 0 Å². The van der Waals surface area contributed by atoms with E-state index >= 15 is 0 Å². The molecule has 0 radical (unpaired) electrons. The average Bonchev–Trinajstić information content (AvgIpc) is 3.39. The number of allylic oxidation sites excluding steroid dienone is 2. The van der Waals surface area contributed by atoms with Crippen molar-refractivity contribution in [1.82, 2.24) is 10.6 Å². The summed E-state index contributed by atoms with van der Waals surface area (Å²) in [4.78, 5) is 24.5. The lowest BCUT2D eigenvalue weighted by molar-refractivity contribution is -0.163. The van der Waals surface area contributed by atoms with Gasteiger partial charge in [-0.2, -0.15) is 0 Å². The molecule has 2 unspecified atom stereocenters. The lowest BCUT2D eigenvalue weighted by Gasteiger charge is -2.22. The second-order valence-electron chi connectivity index (χ2n) is 11.1. The predicted molar refractivity (Wildman–Crippen MR) is 152 cm³/mol. The van der Waals surface area contributed by atoms with Crippen molar-refractivity contribution in [3.63, 3.8) is 0 Å². The van der Waals surface area contributed by atoms with Crippen molar-refractivity contribution in [3.05, 3.63) is 24.3 Å². The van der Waals surface area contributed by atoms with Gasteiger partial charge in [0, 0.05) is 38.5 Å². The van der Waals surface area contributed by atoms with E-state index in [9.17, 15) is 9.59 Å². The zero-order chi connectivity index (χ0) is 27.4. The first-order valence-corrected chi connectivity index (χ1v) is 15.6. The van der Waals surface area contributed by atoms with Gasteiger partial charge < -0.3 is 29.6 Å². The molecule has 2 N–H and O–H groups in total. The molecule has 8 nitrogen and oxygen atoms in total. The molecule has 39 heavy (non-hydrogen) atoms. The Hall–Kier alpha value is -1.74. The summed E-state index contributed by atoms with van der Waals surface area (Å²) in [7, 11) is 0. The van der Waals surface area contributed by atoms with Gasteiger partial charge in [0.1, 0.15) is 0 Å². The second-order valence-corrected chi connectivity index (χ2v) is 11.1. The maximum atomic E-state index is 12.2. The minimum absolute atomic E-state index is 0.00429. The molecule has 4 atom stereocenters. The molecular formula is C31H52N2O6. The Morgan fingerprint density at radius 2 is 1.13 bits per heavy atom. The van der Waals surface area contributed by atoms with Gasteiger partial charge in [-0.15, -0.1) is 0 Å². The fraction of sp³-hybridized carbons (Fsp3) is 0.806. The standard InChI is InChI=1S/C31H52N2O6/c34-28(15-7-3-1-5-11-21-36-30-17-9-13-23-38-30)32-26-19-20-27(25-26)33-29(35)16-8-4-2-6-12-22-37-31-18-10-14-24-39-31/h7-8,15-16,26-27,30-31H,1-6,9-14,17-25H2,(H,32,34)(H,33,35)/t26-,27+,30?,31?. The smallest absolute Gasteiger partial charge is 0.243 e. The van der Waals surface area contributed by atoms with Gasteiger partial charge in [-0.1, -0.05) is 25.0 Å². The van der Waals surface area contributed by atoms with Crippen molar-refractivity contribution in [2.75, 3.05) is 26.4 Å². The molecule has 2 saturated heterocycles. The summed E-state index contributed by atoms with van der Waals surface area (Å²) in [6.45, 7) is 3.13. The molecule has 3 rings (SSSR count). The monoisotopic (exact) mass is 548 g/mol. The molecule has 1 aliphatic carbocycles. The molecule has 8 heteroatoms. The van der Waals surface area contributed by atoms with Crippen LogP contribution in [0.5, 0.6) is 0 Å². The maximum Gasteiger partial charge on any atom is 0.243 e. The second kappa shape index (κ2) is 20.2. The summed E-state index contributed by atoms with van der Waals surface area (Å²) in [6.07, 6.45) is 24.6. The minimum Gasteiger partial charge on any atom is -0.353 e. The van der Waals surface area contributed by atoms with Crippen molar-refractivity contribution in [2.24, 2.45) is 0 Å². The third-order valence-electron chi connectivity index (χ3n) is 7.58. The summed E-state index contributed by atoms with van der Waals surface area (Å²) < 4.78 is 22.6. The Kier molecular flexibility index (Phi) is 16.4. The van der Waals surface area contributed by atoms with E-state index in [0.717, 1.165) is 123 Å². The van der Waals surface area contributed by atoms with E-state index in [2.05, 4.69) is 10.6 Å². The Balaban J connectivity index is 1.12. The molecule has 0 aromatic carbocycles. The summed E-state index contributed by atoms with van der Waals surface area (Å²) in [5, 5.41) is 6.16. The Labute approximate surface area is 235 Å². The number of rotatable bonds is 18. The average molecular weight is 549 g/mol. The van der Waals surface area contributed by atoms with Crippen LogP contribution in [0.3, 0.4) is 0 Å². The summed E-state index contributed by atoms with van der Waals surface area (Å²) in [6, 6.07) is 0.244. The van der Waals surface area contributed by atoms with E-state index < -0.39 is 0 Å². The lowest BCUT2D eigenvalue weighted by atomic mass is 10.2. The van der Waals surface area contributed by atoms with E-state index in [1.54, 1.807) is 12.2 Å². The fourth-order valence-corrected chi connectivity index (χ4v) is 5.32. The first kappa shape index (κ1) is 31.8. The van der Waals surface area contributed by atoms with Crippen LogP contribution in [-0.4, -0.2) is 62.9 Å². The normalized spacial score (nSPS) is 25.8. The van der Waals surface area contributed by atoms with Gasteiger partial charge >= 0.3 is 0 Å². The molecule has 2 aliphatic heterocycles. The number of unbranched alkanes of at least 4 members (excludes halogenated alkanes) is 6. The molecule has 2 heterocycles. The van der Waals surface area contributed by atoms with E-state index in [1.807, 2.05) is 12.2 Å². The number of ether oxygens (including phenoxy) is 4. The topological polar surface area (TPSA) is 95.1 Å². The quantitative estimate of drug-likeness (QED) is 0.174. The van der Waals surface area contributed by atoms with Crippen molar-refractivity contribution in [2.45, 2.75) is 134 Å². The molecule has 1 saturated carbocycles. The van der Waals surface area contributed by atoms with Crippen molar-refractivity contribution in [3.8, 4) is 0 Å². The van der Waals surface area contributed by atoms with Crippen LogP contribution < -0.4 is 10.6 Å². The van der Waals surface area contributed by atoms with Crippen LogP contribution in [0.4, 0.5) is 0 Å². The van der Waals surface area contributed by atoms with Gasteiger partial charge in [0.15, 0.2) is 12.6 Å². The third-order valence-corrected chi connectivity index (χ3v) is 7.58. The SMILES string of the molecule is O=C(C=CCCCCCOC1CCCCO1)N[C@@H]1CC[C@H](NC(=O)C=CCCCCCOC2CCCCO2)C1. The largest absolute Gasteiger partial charge is 0.353 e. The lowest BCUT2D eigenvalue weighted by Crippen LogP contribution is -2.36. The van der Waals surface area contributed by atoms with Crippen molar-refractivity contribution < 1.29 is 28.5 Å². The molecule has 3 aliphatic rings. The third kappa shape index (κ3) is 15.0. The van der Waals surface area contributed by atoms with Gasteiger partial charge in [-0.3, -0.25) is 9.59 Å². The highest BCUT2D eigenvalue weighted by Crippen LogP contribution is 2.19. The minimum atomic E-state index is -0.0404. The van der Waals surface area contributed by atoms with Crippen molar-refractivity contribution in [1.29, 1.82) is 0 Å². The number of hydrogen-bond acceptors (Lipinski definition) is 6. The van der Waals surface area contributed by atoms with Gasteiger partial charge in [0.05, 0.1) is 0 Å². The highest BCUT2D eigenvalue weighted by Gasteiger charge is 2.26. The first-order valence-electron chi connectivity index (χ1n) is 15.6. The summed E-state index contributed by atoms with van der Waals surface area (Å²) in [5.74, 6) is -0.0809. The molecular weight excluding hydrogens is 496 g/mol. The Morgan fingerprint density at radius 3 is 1.56 bits per heavy atom. The van der Waals surface area contributed by atoms with Gasteiger partial charge in [-0.05, 0) is 108 Å². The molecule has 0 spiro atoms. The molecule has 0 aromatic heterocycles. The van der Waals surface area contributed by atoms with Crippen LogP contribution in [0.15, 0.2) is 24.3 Å². The van der Waals surface area contributed by atoms with Crippen LogP contribution in [-0.2, 0) is 28.5 Å². The molecule has 222 valence electrons. The van der Waals surface area contributed by atoms with Gasteiger partial charge in [-0.25, -0.2) is 0 Å². The highest BCUT2D eigenvalue weighted by atomic mass is 16.7. The van der Waals surface area contributed by atoms with E-state index in [0.29, 0.717) is 0 Å². The predicted octanol–water partition coefficient (Wildman–Crippen LogP) is 5.46. The van der Waals surface area contributed by atoms with Crippen LogP contribution in [0.2, 0.25) is 0 Å². The number of carbonyl (C=O) groups is 2. The molecule has 2 amide bonds. The molecule has 0 aromatic rings. The van der Waals surface area contributed by atoms with E-state index in [1.165, 1.54) is 12.8 Å². The molecule has 3 fully saturated rings. The fourth-order valence-electron chi connectivity index (χ4n) is 5.32. The zero-order valence-corrected chi connectivity index (χ0v) is 23.9. The molecule has 0 bridgehead atoms. The summed E-state index contributed by atoms with van der Waals surface area (Å²) in [5.41, 5.74) is 0. The van der Waals surface area contributed by atoms with Gasteiger partial charge in [0.2, 0.25) is 11.8 Å². The number of hydrogen-bond donors (Lipinski definition) is 2. The van der Waals surface area contributed by atoms with Crippen molar-refractivity contribution >= 4 is 11.8 Å². The Morgan fingerprint density at radius 1 is 0.641 bits per heavy atom. The van der Waals surface area contributed by atoms with Crippen LogP contribution >= 0.6 is 0 Å². The van der Waals surface area contributed by atoms with Crippen LogP contribution in [0.25, 0.3) is 0 Å². The number of carbonyl (C=O) groups excluding carboxylic acids is 2. The van der Waals surface area contributed by atoms with Gasteiger partial charge in [0.25, 0.3) is 0 Å². The first-order chi connectivity index (χ1) is 19.2. The van der Waals surface area contributed by atoms with E-state index in [-0.39, 0.29) is 36.5 Å². The number of nitrogens with one attached hydrogen (secondary N) is 2. The zero-order valence-electron chi connectivity index (χ0n) is 23.9.